The third kappa shape index (κ3) is 10.9. The van der Waals surface area contributed by atoms with Crippen LogP contribution in [0.5, 0.6) is 0 Å². The highest BCUT2D eigenvalue weighted by Gasteiger charge is 2.35. The molecule has 0 saturated carbocycles. The maximum Gasteiger partial charge on any atom is 0.243 e. The molecule has 0 aliphatic carbocycles. The molecule has 4 amide bonds. The second-order valence-electron chi connectivity index (χ2n) is 11.1. The van der Waals surface area contributed by atoms with E-state index in [0.717, 1.165) is 11.1 Å². The van der Waals surface area contributed by atoms with Crippen LogP contribution < -0.4 is 32.7 Å². The molecule has 2 aromatic carbocycles. The van der Waals surface area contributed by atoms with E-state index >= 15 is 0 Å². The minimum absolute atomic E-state index is 0.252. The van der Waals surface area contributed by atoms with Crippen LogP contribution in [0.4, 0.5) is 0 Å². The zero-order chi connectivity index (χ0) is 31.2. The molecule has 0 radical (unpaired) electrons. The minimum Gasteiger partial charge on any atom is -0.389 e. The summed E-state index contributed by atoms with van der Waals surface area (Å²) >= 11 is 0. The Kier molecular flexibility index (Phi) is 14.1. The summed E-state index contributed by atoms with van der Waals surface area (Å²) < 4.78 is 0. The first kappa shape index (κ1) is 34.4. The lowest BCUT2D eigenvalue weighted by Crippen LogP contribution is -2.61. The number of carbonyl (C=O) groups is 4. The van der Waals surface area contributed by atoms with E-state index in [1.54, 1.807) is 27.7 Å². The number of carbonyl (C=O) groups excluding carboxylic acids is 4. The van der Waals surface area contributed by atoms with E-state index in [4.69, 9.17) is 11.5 Å². The summed E-state index contributed by atoms with van der Waals surface area (Å²) in [5, 5.41) is 23.0. The van der Waals surface area contributed by atoms with Gasteiger partial charge in [0.2, 0.25) is 23.6 Å². The van der Waals surface area contributed by atoms with E-state index < -0.39 is 53.9 Å². The maximum absolute atomic E-state index is 13.5. The van der Waals surface area contributed by atoms with E-state index in [0.29, 0.717) is 0 Å². The van der Waals surface area contributed by atoms with Gasteiger partial charge in [0.15, 0.2) is 0 Å². The van der Waals surface area contributed by atoms with Gasteiger partial charge >= 0.3 is 0 Å². The third-order valence-corrected chi connectivity index (χ3v) is 6.98. The fraction of sp³-hybridized carbons (Fsp3) is 0.484. The van der Waals surface area contributed by atoms with E-state index in [1.165, 1.54) is 0 Å². The van der Waals surface area contributed by atoms with Crippen LogP contribution in [0.3, 0.4) is 0 Å². The van der Waals surface area contributed by atoms with Crippen molar-refractivity contribution < 1.29 is 24.3 Å². The molecule has 0 spiro atoms. The van der Waals surface area contributed by atoms with Gasteiger partial charge in [0.1, 0.15) is 12.1 Å². The Morgan fingerprint density at radius 1 is 0.619 bits per heavy atom. The van der Waals surface area contributed by atoms with Crippen molar-refractivity contribution in [3.63, 3.8) is 0 Å². The molecule has 0 bridgehead atoms. The van der Waals surface area contributed by atoms with Gasteiger partial charge in [0.05, 0.1) is 31.3 Å². The Morgan fingerprint density at radius 2 is 0.952 bits per heavy atom. The number of rotatable bonds is 16. The summed E-state index contributed by atoms with van der Waals surface area (Å²) in [6, 6.07) is 15.2. The van der Waals surface area contributed by atoms with Crippen LogP contribution in [0.25, 0.3) is 0 Å². The predicted molar refractivity (Wildman–Crippen MR) is 162 cm³/mol. The molecule has 0 heterocycles. The lowest BCUT2D eigenvalue weighted by Gasteiger charge is -2.34. The molecule has 2 aromatic rings. The van der Waals surface area contributed by atoms with E-state index in [1.807, 2.05) is 60.7 Å². The van der Waals surface area contributed by atoms with Crippen molar-refractivity contribution in [2.75, 3.05) is 13.1 Å². The normalized spacial score (nSPS) is 14.1. The molecule has 2 rings (SSSR count). The number of amides is 4. The molecule has 11 nitrogen and oxygen atoms in total. The number of nitrogens with one attached hydrogen (secondary N) is 4. The van der Waals surface area contributed by atoms with Crippen molar-refractivity contribution in [2.45, 2.75) is 70.8 Å². The van der Waals surface area contributed by atoms with Gasteiger partial charge in [-0.3, -0.25) is 19.2 Å². The van der Waals surface area contributed by atoms with E-state index in [-0.39, 0.29) is 37.8 Å². The molecule has 4 atom stereocenters. The molecule has 0 fully saturated rings. The standard InChI is InChI=1S/C31H46N6O5/c1-19(2)27(36-25(38)17-32)30(41)34-23(15-21-11-7-5-8-12-21)29(40)24(16-22-13-9-6-10-14-22)35-31(42)28(20(3)4)37-26(39)18-33/h5-14,19-20,23-24,27-29,40H,15-18,32-33H2,1-4H3,(H,34,41)(H,35,42)(H,36,38)(H,37,39)/t23-,24-,27-,28-/m0/s1. The van der Waals surface area contributed by atoms with Gasteiger partial charge in [-0.25, -0.2) is 0 Å². The quantitative estimate of drug-likeness (QED) is 0.145. The van der Waals surface area contributed by atoms with Gasteiger partial charge in [-0.15, -0.1) is 0 Å². The number of aliphatic hydroxyl groups is 1. The van der Waals surface area contributed by atoms with Crippen LogP contribution in [0, 0.1) is 11.8 Å². The Balaban J connectivity index is 2.44. The zero-order valence-electron chi connectivity index (χ0n) is 24.9. The molecular weight excluding hydrogens is 536 g/mol. The predicted octanol–water partition coefficient (Wildman–Crippen LogP) is 0.00130. The van der Waals surface area contributed by atoms with Crippen molar-refractivity contribution in [1.82, 2.24) is 21.3 Å². The molecule has 0 unspecified atom stereocenters. The fourth-order valence-corrected chi connectivity index (χ4v) is 4.61. The summed E-state index contributed by atoms with van der Waals surface area (Å²) in [4.78, 5) is 51.0. The van der Waals surface area contributed by atoms with Crippen molar-refractivity contribution in [3.8, 4) is 0 Å². The number of nitrogens with two attached hydrogens (primary N) is 2. The molecule has 11 heteroatoms. The fourth-order valence-electron chi connectivity index (χ4n) is 4.61. The average molecular weight is 583 g/mol. The number of hydrogen-bond acceptors (Lipinski definition) is 7. The summed E-state index contributed by atoms with van der Waals surface area (Å²) in [6.45, 7) is 6.64. The summed E-state index contributed by atoms with van der Waals surface area (Å²) in [5.74, 6) is -2.42. The van der Waals surface area contributed by atoms with Crippen LogP contribution in [0.15, 0.2) is 60.7 Å². The van der Waals surface area contributed by atoms with Gasteiger partial charge in [-0.05, 0) is 35.8 Å². The number of hydrogen-bond donors (Lipinski definition) is 7. The number of aliphatic hydroxyl groups excluding tert-OH is 1. The second kappa shape index (κ2) is 17.2. The van der Waals surface area contributed by atoms with Crippen molar-refractivity contribution in [1.29, 1.82) is 0 Å². The van der Waals surface area contributed by atoms with Crippen LogP contribution in [-0.2, 0) is 32.0 Å². The summed E-state index contributed by atoms with van der Waals surface area (Å²) in [5.41, 5.74) is 12.6. The zero-order valence-corrected chi connectivity index (χ0v) is 24.9. The summed E-state index contributed by atoms with van der Waals surface area (Å²) in [7, 11) is 0. The molecule has 0 aliphatic heterocycles. The summed E-state index contributed by atoms with van der Waals surface area (Å²) in [6.07, 6.45) is -0.751. The molecular formula is C31H46N6O5. The van der Waals surface area contributed by atoms with Gasteiger partial charge in [0, 0.05) is 0 Å². The van der Waals surface area contributed by atoms with Gasteiger partial charge in [-0.1, -0.05) is 88.4 Å². The Morgan fingerprint density at radius 3 is 1.24 bits per heavy atom. The Bertz CT molecular complexity index is 1060. The van der Waals surface area contributed by atoms with Crippen LogP contribution >= 0.6 is 0 Å². The van der Waals surface area contributed by atoms with E-state index in [2.05, 4.69) is 21.3 Å². The van der Waals surface area contributed by atoms with Crippen LogP contribution in [0.1, 0.15) is 38.8 Å². The van der Waals surface area contributed by atoms with Crippen molar-refractivity contribution >= 4 is 23.6 Å². The third-order valence-electron chi connectivity index (χ3n) is 6.98. The van der Waals surface area contributed by atoms with Gasteiger partial charge in [0.25, 0.3) is 0 Å². The van der Waals surface area contributed by atoms with Gasteiger partial charge < -0.3 is 37.8 Å². The molecule has 0 aromatic heterocycles. The highest BCUT2D eigenvalue weighted by molar-refractivity contribution is 5.89. The van der Waals surface area contributed by atoms with Gasteiger partial charge in [-0.2, -0.15) is 0 Å². The molecule has 42 heavy (non-hydrogen) atoms. The molecule has 230 valence electrons. The second-order valence-corrected chi connectivity index (χ2v) is 11.1. The first-order valence-electron chi connectivity index (χ1n) is 14.3. The van der Waals surface area contributed by atoms with Crippen molar-refractivity contribution in [2.24, 2.45) is 23.3 Å². The average Bonchev–Trinajstić information content (AvgIpc) is 2.97. The first-order chi connectivity index (χ1) is 20.0. The van der Waals surface area contributed by atoms with Crippen LogP contribution in [-0.4, -0.2) is 72.1 Å². The lowest BCUT2D eigenvalue weighted by molar-refractivity contribution is -0.131. The first-order valence-corrected chi connectivity index (χ1v) is 14.3. The van der Waals surface area contributed by atoms with E-state index in [9.17, 15) is 24.3 Å². The molecule has 0 saturated heterocycles. The van der Waals surface area contributed by atoms with Crippen molar-refractivity contribution in [3.05, 3.63) is 71.8 Å². The van der Waals surface area contributed by atoms with Crippen LogP contribution in [0.2, 0.25) is 0 Å². The Hall–Kier alpha value is -3.80. The maximum atomic E-state index is 13.5. The number of benzene rings is 2. The highest BCUT2D eigenvalue weighted by Crippen LogP contribution is 2.15. The molecule has 0 aliphatic rings. The molecule has 9 N–H and O–H groups in total. The topological polar surface area (TPSA) is 189 Å². The highest BCUT2D eigenvalue weighted by atomic mass is 16.3. The SMILES string of the molecule is CC(C)[C@H](NC(=O)CN)C(=O)N[C@@H](Cc1ccccc1)C(O)[C@H](Cc1ccccc1)NC(=O)[C@@H](NC(=O)CN)C(C)C. The Labute approximate surface area is 248 Å². The smallest absolute Gasteiger partial charge is 0.243 e. The minimum atomic E-state index is -1.26. The largest absolute Gasteiger partial charge is 0.389 e. The monoisotopic (exact) mass is 582 g/mol. The lowest BCUT2D eigenvalue weighted by atomic mass is 9.91.